The van der Waals surface area contributed by atoms with Gasteiger partial charge in [-0.1, -0.05) is 0 Å². The lowest BCUT2D eigenvalue weighted by molar-refractivity contribution is 0.0918. The van der Waals surface area contributed by atoms with Crippen LogP contribution >= 0.6 is 0 Å². The summed E-state index contributed by atoms with van der Waals surface area (Å²) in [5, 5.41) is 3.86. The Hall–Kier alpha value is -0.160. The van der Waals surface area contributed by atoms with Crippen LogP contribution in [-0.4, -0.2) is 86.7 Å². The highest BCUT2D eigenvalue weighted by molar-refractivity contribution is 4.84. The molecule has 0 bridgehead atoms. The van der Waals surface area contributed by atoms with E-state index >= 15 is 0 Å². The van der Waals surface area contributed by atoms with E-state index in [1.165, 1.54) is 90.8 Å². The number of rotatable bonds is 5. The van der Waals surface area contributed by atoms with Gasteiger partial charge in [0.15, 0.2) is 0 Å². The van der Waals surface area contributed by atoms with Crippen LogP contribution in [0.1, 0.15) is 44.9 Å². The van der Waals surface area contributed by atoms with Gasteiger partial charge in [-0.05, 0) is 111 Å². The molecule has 3 aliphatic rings. The van der Waals surface area contributed by atoms with E-state index in [4.69, 9.17) is 0 Å². The third-order valence-electron chi connectivity index (χ3n) is 6.56. The second-order valence-corrected chi connectivity index (χ2v) is 8.33. The quantitative estimate of drug-likeness (QED) is 0.834. The Labute approximate surface area is 143 Å². The number of likely N-dealkylation sites (tertiary alicyclic amines) is 3. The smallest absolute Gasteiger partial charge is 0.0120 e. The average molecular weight is 323 g/mol. The maximum atomic E-state index is 3.86. The molecule has 0 aliphatic carbocycles. The molecule has 4 heteroatoms. The van der Waals surface area contributed by atoms with Crippen LogP contribution in [0.3, 0.4) is 0 Å². The van der Waals surface area contributed by atoms with E-state index in [1.54, 1.807) is 0 Å². The largest absolute Gasteiger partial charge is 0.314 e. The van der Waals surface area contributed by atoms with Crippen LogP contribution in [0.15, 0.2) is 0 Å². The van der Waals surface area contributed by atoms with Gasteiger partial charge in [0.25, 0.3) is 0 Å². The van der Waals surface area contributed by atoms with Gasteiger partial charge in [-0.3, -0.25) is 0 Å². The van der Waals surface area contributed by atoms with E-state index in [-0.39, 0.29) is 0 Å². The summed E-state index contributed by atoms with van der Waals surface area (Å²) < 4.78 is 0. The van der Waals surface area contributed by atoms with Crippen molar-refractivity contribution in [3.8, 4) is 0 Å². The maximum Gasteiger partial charge on any atom is 0.0120 e. The van der Waals surface area contributed by atoms with Crippen LogP contribution in [0.5, 0.6) is 0 Å². The molecular formula is C19H38N4. The number of hydrogen-bond acceptors (Lipinski definition) is 4. The third kappa shape index (κ3) is 5.42. The Morgan fingerprint density at radius 2 is 1.30 bits per heavy atom. The molecule has 0 aromatic heterocycles. The van der Waals surface area contributed by atoms with Gasteiger partial charge in [-0.15, -0.1) is 0 Å². The summed E-state index contributed by atoms with van der Waals surface area (Å²) in [6.45, 7) is 9.08. The molecular weight excluding hydrogens is 284 g/mol. The minimum atomic E-state index is 0.781. The van der Waals surface area contributed by atoms with Crippen molar-refractivity contribution in [1.29, 1.82) is 0 Å². The molecule has 0 saturated carbocycles. The topological polar surface area (TPSA) is 21.8 Å². The summed E-state index contributed by atoms with van der Waals surface area (Å²) in [5.74, 6) is 0.970. The minimum Gasteiger partial charge on any atom is -0.314 e. The van der Waals surface area contributed by atoms with Gasteiger partial charge in [0, 0.05) is 12.1 Å². The molecule has 3 aliphatic heterocycles. The number of nitrogens with zero attached hydrogens (tertiary/aromatic N) is 3. The molecule has 0 amide bonds. The second kappa shape index (κ2) is 8.80. The first-order valence-corrected chi connectivity index (χ1v) is 10.0. The molecule has 0 aromatic rings. The monoisotopic (exact) mass is 322 g/mol. The van der Waals surface area contributed by atoms with Crippen molar-refractivity contribution in [2.75, 3.05) is 59.9 Å². The summed E-state index contributed by atoms with van der Waals surface area (Å²) in [6, 6.07) is 1.65. The van der Waals surface area contributed by atoms with Crippen LogP contribution in [0.2, 0.25) is 0 Å². The van der Waals surface area contributed by atoms with Crippen molar-refractivity contribution in [2.45, 2.75) is 57.0 Å². The van der Waals surface area contributed by atoms with Crippen molar-refractivity contribution >= 4 is 0 Å². The van der Waals surface area contributed by atoms with Crippen LogP contribution < -0.4 is 5.32 Å². The Kier molecular flexibility index (Phi) is 6.75. The van der Waals surface area contributed by atoms with Crippen LogP contribution in [-0.2, 0) is 0 Å². The highest BCUT2D eigenvalue weighted by Crippen LogP contribution is 2.22. The molecule has 0 atom stereocenters. The molecule has 3 saturated heterocycles. The summed E-state index contributed by atoms with van der Waals surface area (Å²) in [5.41, 5.74) is 0. The average Bonchev–Trinajstić information content (AvgIpc) is 2.58. The summed E-state index contributed by atoms with van der Waals surface area (Å²) >= 11 is 0. The van der Waals surface area contributed by atoms with Crippen LogP contribution in [0.4, 0.5) is 0 Å². The summed E-state index contributed by atoms with van der Waals surface area (Å²) in [6.07, 6.45) is 9.69. The second-order valence-electron chi connectivity index (χ2n) is 8.33. The minimum absolute atomic E-state index is 0.781. The van der Waals surface area contributed by atoms with Crippen molar-refractivity contribution in [3.05, 3.63) is 0 Å². The molecule has 0 unspecified atom stereocenters. The molecule has 134 valence electrons. The third-order valence-corrected chi connectivity index (χ3v) is 6.56. The SMILES string of the molecule is CN1CCC(CCNC2CCN(C3CCN(C)CC3)CC2)CC1. The van der Waals surface area contributed by atoms with E-state index in [9.17, 15) is 0 Å². The number of hydrogen-bond donors (Lipinski definition) is 1. The van der Waals surface area contributed by atoms with E-state index < -0.39 is 0 Å². The lowest BCUT2D eigenvalue weighted by Crippen LogP contribution is -2.50. The molecule has 3 rings (SSSR count). The van der Waals surface area contributed by atoms with Crippen molar-refractivity contribution in [3.63, 3.8) is 0 Å². The highest BCUT2D eigenvalue weighted by atomic mass is 15.2. The van der Waals surface area contributed by atoms with Crippen LogP contribution in [0, 0.1) is 5.92 Å². The first kappa shape index (κ1) is 17.7. The van der Waals surface area contributed by atoms with Crippen molar-refractivity contribution in [1.82, 2.24) is 20.0 Å². The zero-order valence-electron chi connectivity index (χ0n) is 15.5. The standard InChI is InChI=1S/C19H38N4/c1-21-11-4-17(5-12-21)3-10-20-18-6-15-23(16-7-18)19-8-13-22(2)14-9-19/h17-20H,3-16H2,1-2H3. The van der Waals surface area contributed by atoms with Crippen molar-refractivity contribution in [2.24, 2.45) is 5.92 Å². The van der Waals surface area contributed by atoms with Gasteiger partial charge < -0.3 is 20.0 Å². The fraction of sp³-hybridized carbons (Fsp3) is 1.00. The normalized spacial score (nSPS) is 28.4. The number of piperidine rings is 3. The molecule has 0 radical (unpaired) electrons. The fourth-order valence-corrected chi connectivity index (χ4v) is 4.67. The van der Waals surface area contributed by atoms with Gasteiger partial charge in [-0.25, -0.2) is 0 Å². The summed E-state index contributed by atoms with van der Waals surface area (Å²) in [4.78, 5) is 7.73. The first-order chi connectivity index (χ1) is 11.2. The molecule has 1 N–H and O–H groups in total. The molecule has 3 fully saturated rings. The van der Waals surface area contributed by atoms with Gasteiger partial charge in [0.05, 0.1) is 0 Å². The maximum absolute atomic E-state index is 3.86. The Bertz CT molecular complexity index is 322. The molecule has 4 nitrogen and oxygen atoms in total. The predicted octanol–water partition coefficient (Wildman–Crippen LogP) is 1.87. The van der Waals surface area contributed by atoms with Crippen LogP contribution in [0.25, 0.3) is 0 Å². The molecule has 0 spiro atoms. The van der Waals surface area contributed by atoms with Gasteiger partial charge >= 0.3 is 0 Å². The molecule has 3 heterocycles. The fourth-order valence-electron chi connectivity index (χ4n) is 4.67. The molecule has 0 aromatic carbocycles. The van der Waals surface area contributed by atoms with Crippen molar-refractivity contribution < 1.29 is 0 Å². The first-order valence-electron chi connectivity index (χ1n) is 10.0. The zero-order chi connectivity index (χ0) is 16.1. The zero-order valence-corrected chi connectivity index (χ0v) is 15.5. The Morgan fingerprint density at radius 1 is 0.739 bits per heavy atom. The van der Waals surface area contributed by atoms with E-state index in [1.807, 2.05) is 0 Å². The Morgan fingerprint density at radius 3 is 1.91 bits per heavy atom. The molecule has 23 heavy (non-hydrogen) atoms. The number of nitrogens with one attached hydrogen (secondary N) is 1. The van der Waals surface area contributed by atoms with E-state index in [0.717, 1.165) is 18.0 Å². The Balaban J connectivity index is 1.27. The predicted molar refractivity (Wildman–Crippen MR) is 98.0 cm³/mol. The summed E-state index contributed by atoms with van der Waals surface area (Å²) in [7, 11) is 4.52. The lowest BCUT2D eigenvalue weighted by atomic mass is 9.93. The van der Waals surface area contributed by atoms with E-state index in [2.05, 4.69) is 34.1 Å². The van der Waals surface area contributed by atoms with Gasteiger partial charge in [0.2, 0.25) is 0 Å². The van der Waals surface area contributed by atoms with Gasteiger partial charge in [0.1, 0.15) is 0 Å². The highest BCUT2D eigenvalue weighted by Gasteiger charge is 2.27. The van der Waals surface area contributed by atoms with E-state index in [0.29, 0.717) is 0 Å². The lowest BCUT2D eigenvalue weighted by Gasteiger charge is -2.41. The van der Waals surface area contributed by atoms with Gasteiger partial charge in [-0.2, -0.15) is 0 Å².